The average molecular weight is 350 g/mol. The maximum atomic E-state index is 12.1. The highest BCUT2D eigenvalue weighted by Crippen LogP contribution is 2.21. The lowest BCUT2D eigenvalue weighted by Gasteiger charge is -2.17. The third-order valence-electron chi connectivity index (χ3n) is 4.67. The lowest BCUT2D eigenvalue weighted by molar-refractivity contribution is -0.116. The number of nitrogens with one attached hydrogen (secondary N) is 1. The number of carbonyl (C=O) groups is 1. The van der Waals surface area contributed by atoms with E-state index in [1.54, 1.807) is 19.3 Å². The van der Waals surface area contributed by atoms with Gasteiger partial charge >= 0.3 is 0 Å². The molecule has 3 rings (SSSR count). The minimum absolute atomic E-state index is 0.114. The number of nitrogens with zero attached hydrogens (tertiary/aromatic N) is 1. The van der Waals surface area contributed by atoms with Crippen molar-refractivity contribution in [2.24, 2.45) is 0 Å². The molecule has 1 N–H and O–H groups in total. The van der Waals surface area contributed by atoms with Crippen molar-refractivity contribution in [2.45, 2.75) is 26.3 Å². The van der Waals surface area contributed by atoms with Crippen LogP contribution in [0, 0.1) is 6.92 Å². The summed E-state index contributed by atoms with van der Waals surface area (Å²) in [6.07, 6.45) is 5.89. The summed E-state index contributed by atoms with van der Waals surface area (Å²) in [7, 11) is 1.63. The maximum Gasteiger partial charge on any atom is 0.244 e. The molecule has 1 fully saturated rings. The van der Waals surface area contributed by atoms with Crippen molar-refractivity contribution in [3.63, 3.8) is 0 Å². The van der Waals surface area contributed by atoms with Crippen LogP contribution in [0.1, 0.15) is 29.5 Å². The van der Waals surface area contributed by atoms with Crippen LogP contribution >= 0.6 is 0 Å². The predicted molar refractivity (Wildman–Crippen MR) is 107 cm³/mol. The fraction of sp³-hybridized carbons (Fsp3) is 0.318. The van der Waals surface area contributed by atoms with Crippen molar-refractivity contribution in [3.05, 3.63) is 65.2 Å². The monoisotopic (exact) mass is 350 g/mol. The van der Waals surface area contributed by atoms with E-state index >= 15 is 0 Å². The summed E-state index contributed by atoms with van der Waals surface area (Å²) in [5, 5.41) is 2.93. The highest BCUT2D eigenvalue weighted by molar-refractivity contribution is 5.92. The van der Waals surface area contributed by atoms with Gasteiger partial charge in [0.1, 0.15) is 5.75 Å². The predicted octanol–water partition coefficient (Wildman–Crippen LogP) is 3.93. The molecular formula is C22H26N2O2. The molecule has 0 unspecified atom stereocenters. The Hall–Kier alpha value is -2.75. The van der Waals surface area contributed by atoms with Gasteiger partial charge < -0.3 is 15.0 Å². The standard InChI is InChI=1S/C22H26N2O2/c1-17-5-11-21(26-2)19(15-17)8-12-22(25)23-16-18-6-9-20(10-7-18)24-13-3-4-14-24/h5-12,15H,3-4,13-14,16H2,1-2H3,(H,23,25)/b12-8+. The van der Waals surface area contributed by atoms with Crippen LogP contribution in [0.5, 0.6) is 5.75 Å². The summed E-state index contributed by atoms with van der Waals surface area (Å²) in [4.78, 5) is 14.5. The lowest BCUT2D eigenvalue weighted by atomic mass is 10.1. The summed E-state index contributed by atoms with van der Waals surface area (Å²) in [6.45, 7) is 4.82. The van der Waals surface area contributed by atoms with Gasteiger partial charge in [-0.3, -0.25) is 4.79 Å². The zero-order valence-electron chi connectivity index (χ0n) is 15.5. The summed E-state index contributed by atoms with van der Waals surface area (Å²) >= 11 is 0. The smallest absolute Gasteiger partial charge is 0.244 e. The Labute approximate surface area is 155 Å². The van der Waals surface area contributed by atoms with E-state index in [1.165, 1.54) is 18.5 Å². The molecule has 0 aromatic heterocycles. The van der Waals surface area contributed by atoms with Crippen molar-refractivity contribution < 1.29 is 9.53 Å². The van der Waals surface area contributed by atoms with Gasteiger partial charge in [-0.2, -0.15) is 0 Å². The van der Waals surface area contributed by atoms with Gasteiger partial charge in [-0.15, -0.1) is 0 Å². The van der Waals surface area contributed by atoms with Crippen LogP contribution in [0.4, 0.5) is 5.69 Å². The fourth-order valence-electron chi connectivity index (χ4n) is 3.20. The molecule has 1 saturated heterocycles. The van der Waals surface area contributed by atoms with Crippen LogP contribution in [0.15, 0.2) is 48.5 Å². The van der Waals surface area contributed by atoms with E-state index in [0.717, 1.165) is 35.5 Å². The van der Waals surface area contributed by atoms with Crippen LogP contribution in [0.3, 0.4) is 0 Å². The number of carbonyl (C=O) groups excluding carboxylic acids is 1. The normalized spacial score (nSPS) is 14.0. The molecular weight excluding hydrogens is 324 g/mol. The Morgan fingerprint density at radius 2 is 1.88 bits per heavy atom. The maximum absolute atomic E-state index is 12.1. The molecule has 2 aromatic rings. The molecule has 1 heterocycles. The van der Waals surface area contributed by atoms with E-state index in [4.69, 9.17) is 4.74 Å². The number of aryl methyl sites for hydroxylation is 1. The van der Waals surface area contributed by atoms with E-state index in [-0.39, 0.29) is 5.91 Å². The van der Waals surface area contributed by atoms with Gasteiger partial charge in [0.15, 0.2) is 0 Å². The van der Waals surface area contributed by atoms with Crippen LogP contribution in [0.2, 0.25) is 0 Å². The molecule has 0 atom stereocenters. The quantitative estimate of drug-likeness (QED) is 0.803. The van der Waals surface area contributed by atoms with Crippen molar-refractivity contribution in [2.75, 3.05) is 25.1 Å². The molecule has 0 spiro atoms. The summed E-state index contributed by atoms with van der Waals surface area (Å²) in [5.74, 6) is 0.648. The first-order chi connectivity index (χ1) is 12.7. The number of anilines is 1. The van der Waals surface area contributed by atoms with Gasteiger partial charge in [-0.25, -0.2) is 0 Å². The molecule has 0 bridgehead atoms. The molecule has 2 aromatic carbocycles. The Morgan fingerprint density at radius 1 is 1.15 bits per heavy atom. The third kappa shape index (κ3) is 4.66. The largest absolute Gasteiger partial charge is 0.496 e. The van der Waals surface area contributed by atoms with Crippen molar-refractivity contribution in [1.82, 2.24) is 5.32 Å². The second-order valence-corrected chi connectivity index (χ2v) is 6.66. The Kier molecular flexibility index (Phi) is 5.95. The molecule has 0 aliphatic carbocycles. The first-order valence-electron chi connectivity index (χ1n) is 9.10. The second kappa shape index (κ2) is 8.56. The lowest BCUT2D eigenvalue weighted by Crippen LogP contribution is -2.20. The Morgan fingerprint density at radius 3 is 2.58 bits per heavy atom. The van der Waals surface area contributed by atoms with E-state index < -0.39 is 0 Å². The molecule has 4 heteroatoms. The van der Waals surface area contributed by atoms with Gasteiger partial charge in [-0.1, -0.05) is 23.8 Å². The van der Waals surface area contributed by atoms with E-state index in [2.05, 4.69) is 34.5 Å². The number of benzene rings is 2. The minimum atomic E-state index is -0.114. The number of hydrogen-bond acceptors (Lipinski definition) is 3. The van der Waals surface area contributed by atoms with Crippen LogP contribution < -0.4 is 15.0 Å². The van der Waals surface area contributed by atoms with E-state index in [1.807, 2.05) is 25.1 Å². The third-order valence-corrected chi connectivity index (χ3v) is 4.67. The first-order valence-corrected chi connectivity index (χ1v) is 9.10. The summed E-state index contributed by atoms with van der Waals surface area (Å²) in [6, 6.07) is 14.3. The number of methoxy groups -OCH3 is 1. The second-order valence-electron chi connectivity index (χ2n) is 6.66. The van der Waals surface area contributed by atoms with Gasteiger partial charge in [0.25, 0.3) is 0 Å². The van der Waals surface area contributed by atoms with Crippen LogP contribution in [-0.4, -0.2) is 26.1 Å². The SMILES string of the molecule is COc1ccc(C)cc1/C=C/C(=O)NCc1ccc(N2CCCC2)cc1. The zero-order chi connectivity index (χ0) is 18.4. The molecule has 1 aliphatic heterocycles. The number of ether oxygens (including phenoxy) is 1. The molecule has 26 heavy (non-hydrogen) atoms. The topological polar surface area (TPSA) is 41.6 Å². The van der Waals surface area contributed by atoms with Crippen LogP contribution in [-0.2, 0) is 11.3 Å². The summed E-state index contributed by atoms with van der Waals surface area (Å²) < 4.78 is 5.33. The highest BCUT2D eigenvalue weighted by Gasteiger charge is 2.11. The zero-order valence-corrected chi connectivity index (χ0v) is 15.5. The molecule has 136 valence electrons. The average Bonchev–Trinajstić information content (AvgIpc) is 3.20. The Balaban J connectivity index is 1.54. The Bertz CT molecular complexity index is 775. The van der Waals surface area contributed by atoms with Crippen LogP contribution in [0.25, 0.3) is 6.08 Å². The number of amides is 1. The van der Waals surface area contributed by atoms with Crippen molar-refractivity contribution in [3.8, 4) is 5.75 Å². The minimum Gasteiger partial charge on any atom is -0.496 e. The summed E-state index contributed by atoms with van der Waals surface area (Å²) in [5.41, 5.74) is 4.40. The molecule has 4 nitrogen and oxygen atoms in total. The van der Waals surface area contributed by atoms with Gasteiger partial charge in [0.05, 0.1) is 7.11 Å². The van der Waals surface area contributed by atoms with Crippen molar-refractivity contribution >= 4 is 17.7 Å². The number of hydrogen-bond donors (Lipinski definition) is 1. The molecule has 0 radical (unpaired) electrons. The molecule has 1 aliphatic rings. The number of rotatable bonds is 6. The first kappa shape index (κ1) is 18.1. The molecule has 0 saturated carbocycles. The highest BCUT2D eigenvalue weighted by atomic mass is 16.5. The molecule has 1 amide bonds. The van der Waals surface area contributed by atoms with Crippen molar-refractivity contribution in [1.29, 1.82) is 0 Å². The van der Waals surface area contributed by atoms with Gasteiger partial charge in [0.2, 0.25) is 5.91 Å². The van der Waals surface area contributed by atoms with E-state index in [9.17, 15) is 4.79 Å². The van der Waals surface area contributed by atoms with E-state index in [0.29, 0.717) is 6.54 Å². The van der Waals surface area contributed by atoms with Gasteiger partial charge in [-0.05, 0) is 55.7 Å². The van der Waals surface area contributed by atoms with Gasteiger partial charge in [0, 0.05) is 37.0 Å². The fourth-order valence-corrected chi connectivity index (χ4v) is 3.20.